The maximum absolute atomic E-state index is 13.0. The van der Waals surface area contributed by atoms with E-state index >= 15 is 0 Å². The van der Waals surface area contributed by atoms with Gasteiger partial charge in [0, 0.05) is 18.2 Å². The number of nitrogens with zero attached hydrogens (tertiary/aromatic N) is 3. The smallest absolute Gasteiger partial charge is 0.278 e. The molecule has 0 radical (unpaired) electrons. The van der Waals surface area contributed by atoms with Crippen molar-refractivity contribution in [3.8, 4) is 0 Å². The molecule has 2 heterocycles. The number of carbonyl (C=O) groups is 1. The highest BCUT2D eigenvalue weighted by Crippen LogP contribution is 2.34. The van der Waals surface area contributed by atoms with Crippen LogP contribution in [-0.4, -0.2) is 20.8 Å². The van der Waals surface area contributed by atoms with Crippen molar-refractivity contribution in [2.45, 2.75) is 38.1 Å². The second-order valence-electron chi connectivity index (χ2n) is 8.03. The van der Waals surface area contributed by atoms with Gasteiger partial charge in [-0.3, -0.25) is 9.48 Å². The first-order valence-electron chi connectivity index (χ1n) is 10.6. The van der Waals surface area contributed by atoms with Gasteiger partial charge >= 0.3 is 0 Å². The van der Waals surface area contributed by atoms with E-state index in [2.05, 4.69) is 58.9 Å². The lowest BCUT2D eigenvalue weighted by Gasteiger charge is -2.21. The molecular weight excluding hydrogens is 388 g/mol. The normalized spacial score (nSPS) is 16.5. The van der Waals surface area contributed by atoms with Crippen molar-refractivity contribution in [2.75, 3.05) is 5.32 Å². The molecule has 0 bridgehead atoms. The predicted octanol–water partition coefficient (Wildman–Crippen LogP) is 5.01. The maximum Gasteiger partial charge on any atom is 0.278 e. The SMILES string of the molecule is CC(c1ccccc1)n1cc(NC(=O)c2noc3c2CC(c2ccccc2)CC3)cn1. The minimum Gasteiger partial charge on any atom is -0.360 e. The minimum absolute atomic E-state index is 0.0679. The van der Waals surface area contributed by atoms with E-state index < -0.39 is 0 Å². The van der Waals surface area contributed by atoms with Gasteiger partial charge in [-0.05, 0) is 36.8 Å². The highest BCUT2D eigenvalue weighted by Gasteiger charge is 2.29. The van der Waals surface area contributed by atoms with Gasteiger partial charge in [-0.1, -0.05) is 65.8 Å². The van der Waals surface area contributed by atoms with Crippen LogP contribution in [0, 0.1) is 0 Å². The second-order valence-corrected chi connectivity index (χ2v) is 8.03. The quantitative estimate of drug-likeness (QED) is 0.500. The summed E-state index contributed by atoms with van der Waals surface area (Å²) in [6, 6.07) is 20.6. The minimum atomic E-state index is -0.259. The molecule has 1 amide bonds. The Balaban J connectivity index is 1.32. The summed E-state index contributed by atoms with van der Waals surface area (Å²) in [5.74, 6) is 0.936. The van der Waals surface area contributed by atoms with E-state index in [1.54, 1.807) is 6.20 Å². The van der Waals surface area contributed by atoms with Crippen LogP contribution in [-0.2, 0) is 12.8 Å². The maximum atomic E-state index is 13.0. The number of benzene rings is 2. The molecular formula is C25H24N4O2. The lowest BCUT2D eigenvalue weighted by atomic mass is 9.82. The summed E-state index contributed by atoms with van der Waals surface area (Å²) < 4.78 is 7.34. The summed E-state index contributed by atoms with van der Waals surface area (Å²) in [5.41, 5.74) is 4.37. The highest BCUT2D eigenvalue weighted by atomic mass is 16.5. The van der Waals surface area contributed by atoms with Crippen LogP contribution in [0.5, 0.6) is 0 Å². The van der Waals surface area contributed by atoms with Crippen molar-refractivity contribution in [3.05, 3.63) is 101 Å². The Morgan fingerprint density at radius 3 is 2.65 bits per heavy atom. The van der Waals surface area contributed by atoms with Crippen LogP contribution in [0.4, 0.5) is 5.69 Å². The molecule has 0 saturated heterocycles. The molecule has 1 N–H and O–H groups in total. The topological polar surface area (TPSA) is 73.0 Å². The van der Waals surface area contributed by atoms with E-state index in [4.69, 9.17) is 4.52 Å². The Labute approximate surface area is 180 Å². The van der Waals surface area contributed by atoms with Crippen molar-refractivity contribution in [3.63, 3.8) is 0 Å². The van der Waals surface area contributed by atoms with Crippen molar-refractivity contribution < 1.29 is 9.32 Å². The van der Waals surface area contributed by atoms with Gasteiger partial charge in [0.1, 0.15) is 5.76 Å². The largest absolute Gasteiger partial charge is 0.360 e. The third-order valence-electron chi connectivity index (χ3n) is 6.06. The molecule has 0 saturated carbocycles. The molecule has 4 aromatic rings. The van der Waals surface area contributed by atoms with Crippen molar-refractivity contribution in [2.24, 2.45) is 0 Å². The number of hydrogen-bond donors (Lipinski definition) is 1. The molecule has 0 fully saturated rings. The standard InChI is InChI=1S/C25H24N4O2/c1-17(18-8-4-2-5-9-18)29-16-21(15-26-29)27-25(30)24-22-14-20(12-13-23(22)31-28-24)19-10-6-3-7-11-19/h2-11,15-17,20H,12-14H2,1H3,(H,27,30). The van der Waals surface area contributed by atoms with Crippen molar-refractivity contribution in [1.29, 1.82) is 0 Å². The Kier molecular flexibility index (Phi) is 5.12. The average Bonchev–Trinajstić information content (AvgIpc) is 3.46. The van der Waals surface area contributed by atoms with Crippen LogP contribution in [0.1, 0.15) is 58.2 Å². The number of hydrogen-bond acceptors (Lipinski definition) is 4. The van der Waals surface area contributed by atoms with Crippen LogP contribution in [0.15, 0.2) is 77.6 Å². The first-order valence-corrected chi connectivity index (χ1v) is 10.6. The first kappa shape index (κ1) is 19.3. The number of fused-ring (bicyclic) bond motifs is 1. The third kappa shape index (κ3) is 3.89. The average molecular weight is 412 g/mol. The van der Waals surface area contributed by atoms with Gasteiger partial charge in [0.05, 0.1) is 17.9 Å². The van der Waals surface area contributed by atoms with E-state index in [0.29, 0.717) is 17.3 Å². The molecule has 0 spiro atoms. The van der Waals surface area contributed by atoms with E-state index in [1.165, 1.54) is 5.56 Å². The number of anilines is 1. The molecule has 0 aliphatic heterocycles. The zero-order valence-corrected chi connectivity index (χ0v) is 17.4. The summed E-state index contributed by atoms with van der Waals surface area (Å²) in [7, 11) is 0. The van der Waals surface area contributed by atoms with Gasteiger partial charge in [-0.15, -0.1) is 0 Å². The summed E-state index contributed by atoms with van der Waals surface area (Å²) in [6.45, 7) is 2.08. The van der Waals surface area contributed by atoms with Gasteiger partial charge in [0.25, 0.3) is 5.91 Å². The van der Waals surface area contributed by atoms with Gasteiger partial charge in [0.2, 0.25) is 0 Å². The number of aryl methyl sites for hydroxylation is 1. The lowest BCUT2D eigenvalue weighted by Crippen LogP contribution is -2.18. The Morgan fingerprint density at radius 1 is 1.13 bits per heavy atom. The number of rotatable bonds is 5. The molecule has 31 heavy (non-hydrogen) atoms. The van der Waals surface area contributed by atoms with E-state index in [9.17, 15) is 4.79 Å². The van der Waals surface area contributed by atoms with Crippen LogP contribution in [0.25, 0.3) is 0 Å². The van der Waals surface area contributed by atoms with Gasteiger partial charge < -0.3 is 9.84 Å². The van der Waals surface area contributed by atoms with Crippen LogP contribution in [0.2, 0.25) is 0 Å². The fourth-order valence-electron chi connectivity index (χ4n) is 4.28. The van der Waals surface area contributed by atoms with Gasteiger partial charge in [0.15, 0.2) is 5.69 Å². The van der Waals surface area contributed by atoms with E-state index in [0.717, 1.165) is 36.1 Å². The lowest BCUT2D eigenvalue weighted by molar-refractivity contribution is 0.101. The third-order valence-corrected chi connectivity index (χ3v) is 6.06. The number of amides is 1. The summed E-state index contributed by atoms with van der Waals surface area (Å²) in [5, 5.41) is 11.5. The van der Waals surface area contributed by atoms with Crippen LogP contribution < -0.4 is 5.32 Å². The number of aromatic nitrogens is 3. The molecule has 1 aliphatic rings. The molecule has 6 heteroatoms. The molecule has 2 aromatic carbocycles. The van der Waals surface area contributed by atoms with Gasteiger partial charge in [-0.2, -0.15) is 5.10 Å². The number of nitrogens with one attached hydrogen (secondary N) is 1. The van der Waals surface area contributed by atoms with Crippen molar-refractivity contribution >= 4 is 11.6 Å². The van der Waals surface area contributed by atoms with E-state index in [1.807, 2.05) is 35.1 Å². The molecule has 5 rings (SSSR count). The summed E-state index contributed by atoms with van der Waals surface area (Å²) in [6.07, 6.45) is 6.06. The zero-order valence-electron chi connectivity index (χ0n) is 17.4. The molecule has 156 valence electrons. The van der Waals surface area contributed by atoms with E-state index in [-0.39, 0.29) is 11.9 Å². The monoisotopic (exact) mass is 412 g/mol. The first-order chi connectivity index (χ1) is 15.2. The highest BCUT2D eigenvalue weighted by molar-refractivity contribution is 6.03. The Hall–Kier alpha value is -3.67. The molecule has 2 atom stereocenters. The Bertz CT molecular complexity index is 1180. The zero-order chi connectivity index (χ0) is 21.2. The second kappa shape index (κ2) is 8.22. The van der Waals surface area contributed by atoms with Crippen LogP contribution in [0.3, 0.4) is 0 Å². The van der Waals surface area contributed by atoms with Crippen molar-refractivity contribution in [1.82, 2.24) is 14.9 Å². The summed E-state index contributed by atoms with van der Waals surface area (Å²) >= 11 is 0. The summed E-state index contributed by atoms with van der Waals surface area (Å²) in [4.78, 5) is 13.0. The molecule has 2 aromatic heterocycles. The number of carbonyl (C=O) groups excluding carboxylic acids is 1. The fourth-order valence-corrected chi connectivity index (χ4v) is 4.28. The predicted molar refractivity (Wildman–Crippen MR) is 118 cm³/mol. The molecule has 6 nitrogen and oxygen atoms in total. The van der Waals surface area contributed by atoms with Crippen LogP contribution >= 0.6 is 0 Å². The molecule has 1 aliphatic carbocycles. The fraction of sp³-hybridized carbons (Fsp3) is 0.240. The van der Waals surface area contributed by atoms with Gasteiger partial charge in [-0.25, -0.2) is 0 Å². The molecule has 2 unspecified atom stereocenters. The Morgan fingerprint density at radius 2 is 1.87 bits per heavy atom.